The summed E-state index contributed by atoms with van der Waals surface area (Å²) in [5.74, 6) is 2.52. The van der Waals surface area contributed by atoms with Crippen molar-refractivity contribution >= 4 is 36.0 Å². The second-order valence-corrected chi connectivity index (χ2v) is 11.7. The van der Waals surface area contributed by atoms with E-state index in [1.165, 1.54) is 15.9 Å². The number of nitrogens with zero attached hydrogens (tertiary/aromatic N) is 1. The molecule has 0 amide bonds. The lowest BCUT2D eigenvalue weighted by Gasteiger charge is -2.11. The Kier molecular flexibility index (Phi) is 3.52. The maximum Gasteiger partial charge on any atom is 0.124 e. The lowest BCUT2D eigenvalue weighted by Crippen LogP contribution is -2.25. The van der Waals surface area contributed by atoms with Crippen LogP contribution in [0, 0.1) is 0 Å². The third-order valence-electron chi connectivity index (χ3n) is 1.22. The van der Waals surface area contributed by atoms with Crippen molar-refractivity contribution in [2.24, 2.45) is 4.99 Å². The smallest absolute Gasteiger partial charge is 0.124 e. The molecule has 0 atom stereocenters. The average Bonchev–Trinajstić information content (AvgIpc) is 2.32. The van der Waals surface area contributed by atoms with Gasteiger partial charge in [0.15, 0.2) is 0 Å². The predicted molar refractivity (Wildman–Crippen MR) is 60.6 cm³/mol. The SMILES string of the molecule is C[Si](C)(C)CN=C1SCCS1. The maximum atomic E-state index is 4.60. The summed E-state index contributed by atoms with van der Waals surface area (Å²) in [4.78, 5) is 4.60. The molecule has 1 saturated heterocycles. The maximum absolute atomic E-state index is 4.60. The van der Waals surface area contributed by atoms with Crippen molar-refractivity contribution in [2.75, 3.05) is 17.7 Å². The predicted octanol–water partition coefficient (Wildman–Crippen LogP) is 2.70. The van der Waals surface area contributed by atoms with Crippen LogP contribution in [0.4, 0.5) is 0 Å². The van der Waals surface area contributed by atoms with E-state index in [4.69, 9.17) is 0 Å². The van der Waals surface area contributed by atoms with Gasteiger partial charge < -0.3 is 0 Å². The molecular weight excluding hydrogens is 190 g/mol. The number of aliphatic imine (C=N–C) groups is 1. The van der Waals surface area contributed by atoms with Gasteiger partial charge in [-0.2, -0.15) is 0 Å². The van der Waals surface area contributed by atoms with Crippen LogP contribution in [0.1, 0.15) is 0 Å². The van der Waals surface area contributed by atoms with Gasteiger partial charge in [-0.15, -0.1) is 0 Å². The first kappa shape index (κ1) is 9.67. The Bertz CT molecular complexity index is 154. The third kappa shape index (κ3) is 4.23. The summed E-state index contributed by atoms with van der Waals surface area (Å²) in [5, 5.41) is 0. The molecule has 1 aliphatic rings. The molecule has 0 aromatic carbocycles. The molecule has 1 aliphatic heterocycles. The van der Waals surface area contributed by atoms with Crippen molar-refractivity contribution in [1.82, 2.24) is 0 Å². The molecule has 0 saturated carbocycles. The van der Waals surface area contributed by atoms with E-state index in [1.807, 2.05) is 23.5 Å². The van der Waals surface area contributed by atoms with Crippen LogP contribution in [0.25, 0.3) is 0 Å². The van der Waals surface area contributed by atoms with E-state index in [0.29, 0.717) is 0 Å². The standard InChI is InChI=1S/C7H15NS2Si/c1-11(2,3)6-8-7-9-4-5-10-7/h4-6H2,1-3H3. The fraction of sp³-hybridized carbons (Fsp3) is 0.857. The zero-order chi connectivity index (χ0) is 8.32. The van der Waals surface area contributed by atoms with Gasteiger partial charge in [-0.3, -0.25) is 4.99 Å². The Balaban J connectivity index is 2.34. The van der Waals surface area contributed by atoms with E-state index in [9.17, 15) is 0 Å². The molecule has 1 fully saturated rings. The lowest BCUT2D eigenvalue weighted by atomic mass is 11.0. The number of thioether (sulfide) groups is 2. The van der Waals surface area contributed by atoms with Crippen molar-refractivity contribution < 1.29 is 0 Å². The zero-order valence-corrected chi connectivity index (χ0v) is 10.0. The fourth-order valence-corrected chi connectivity index (χ4v) is 3.72. The molecule has 0 aromatic heterocycles. The summed E-state index contributed by atoms with van der Waals surface area (Å²) >= 11 is 3.84. The van der Waals surface area contributed by atoms with Crippen molar-refractivity contribution in [3.63, 3.8) is 0 Å². The molecule has 11 heavy (non-hydrogen) atoms. The molecule has 4 heteroatoms. The molecule has 1 nitrogen and oxygen atoms in total. The van der Waals surface area contributed by atoms with E-state index in [2.05, 4.69) is 24.6 Å². The summed E-state index contributed by atoms with van der Waals surface area (Å²) in [6, 6.07) is 0. The molecular formula is C7H15NS2Si. The van der Waals surface area contributed by atoms with Gasteiger partial charge in [0.25, 0.3) is 0 Å². The minimum Gasteiger partial charge on any atom is -0.275 e. The van der Waals surface area contributed by atoms with E-state index >= 15 is 0 Å². The fourth-order valence-electron chi connectivity index (χ4n) is 0.693. The molecule has 0 N–H and O–H groups in total. The monoisotopic (exact) mass is 205 g/mol. The van der Waals surface area contributed by atoms with Crippen LogP contribution in [0.5, 0.6) is 0 Å². The quantitative estimate of drug-likeness (QED) is 0.643. The summed E-state index contributed by atoms with van der Waals surface area (Å²) < 4.78 is 1.33. The third-order valence-corrected chi connectivity index (χ3v) is 4.86. The largest absolute Gasteiger partial charge is 0.275 e. The van der Waals surface area contributed by atoms with Crippen LogP contribution < -0.4 is 0 Å². The van der Waals surface area contributed by atoms with Crippen LogP contribution in [0.3, 0.4) is 0 Å². The minimum atomic E-state index is -0.939. The Morgan fingerprint density at radius 2 is 1.82 bits per heavy atom. The molecule has 1 heterocycles. The second kappa shape index (κ2) is 4.01. The highest BCUT2D eigenvalue weighted by molar-refractivity contribution is 8.41. The Morgan fingerprint density at radius 3 is 2.27 bits per heavy atom. The van der Waals surface area contributed by atoms with Crippen molar-refractivity contribution in [3.05, 3.63) is 0 Å². The van der Waals surface area contributed by atoms with Gasteiger partial charge in [0.05, 0.1) is 8.07 Å². The minimum absolute atomic E-state index is 0.939. The number of hydrogen-bond donors (Lipinski definition) is 0. The number of rotatable bonds is 2. The lowest BCUT2D eigenvalue weighted by molar-refractivity contribution is 1.30. The molecule has 0 radical (unpaired) electrons. The molecule has 0 aromatic rings. The Labute approximate surface area is 78.4 Å². The Hall–Kier alpha value is 0.587. The van der Waals surface area contributed by atoms with Gasteiger partial charge >= 0.3 is 0 Å². The molecule has 0 aliphatic carbocycles. The molecule has 0 spiro atoms. The highest BCUT2D eigenvalue weighted by atomic mass is 32.2. The summed E-state index contributed by atoms with van der Waals surface area (Å²) in [6.07, 6.45) is 1.10. The van der Waals surface area contributed by atoms with Gasteiger partial charge in [0.2, 0.25) is 0 Å². The van der Waals surface area contributed by atoms with Crippen LogP contribution in [0.2, 0.25) is 19.6 Å². The summed E-state index contributed by atoms with van der Waals surface area (Å²) in [6.45, 7) is 7.09. The second-order valence-electron chi connectivity index (χ2n) is 3.84. The Morgan fingerprint density at radius 1 is 1.27 bits per heavy atom. The molecule has 0 unspecified atom stereocenters. The van der Waals surface area contributed by atoms with Gasteiger partial charge in [0.1, 0.15) is 4.38 Å². The van der Waals surface area contributed by atoms with Crippen molar-refractivity contribution in [2.45, 2.75) is 19.6 Å². The van der Waals surface area contributed by atoms with Gasteiger partial charge in [-0.25, -0.2) is 0 Å². The summed E-state index contributed by atoms with van der Waals surface area (Å²) in [5.41, 5.74) is 0. The van der Waals surface area contributed by atoms with Crippen molar-refractivity contribution in [1.29, 1.82) is 0 Å². The van der Waals surface area contributed by atoms with E-state index < -0.39 is 8.07 Å². The molecule has 1 rings (SSSR count). The first-order valence-electron chi connectivity index (χ1n) is 3.88. The first-order chi connectivity index (χ1) is 5.08. The molecule has 64 valence electrons. The highest BCUT2D eigenvalue weighted by Gasteiger charge is 2.14. The van der Waals surface area contributed by atoms with Gasteiger partial charge in [-0.05, 0) is 0 Å². The topological polar surface area (TPSA) is 12.4 Å². The van der Waals surface area contributed by atoms with E-state index in [0.717, 1.165) is 6.17 Å². The van der Waals surface area contributed by atoms with Crippen LogP contribution >= 0.6 is 23.5 Å². The highest BCUT2D eigenvalue weighted by Crippen LogP contribution is 2.26. The van der Waals surface area contributed by atoms with E-state index in [1.54, 1.807) is 0 Å². The summed E-state index contributed by atoms with van der Waals surface area (Å²) in [7, 11) is -0.939. The number of hydrogen-bond acceptors (Lipinski definition) is 3. The van der Waals surface area contributed by atoms with Crippen molar-refractivity contribution in [3.8, 4) is 0 Å². The van der Waals surface area contributed by atoms with E-state index in [-0.39, 0.29) is 0 Å². The first-order valence-corrected chi connectivity index (χ1v) is 9.56. The van der Waals surface area contributed by atoms with Crippen LogP contribution in [-0.2, 0) is 0 Å². The average molecular weight is 205 g/mol. The van der Waals surface area contributed by atoms with Crippen LogP contribution in [0.15, 0.2) is 4.99 Å². The van der Waals surface area contributed by atoms with Crippen LogP contribution in [-0.4, -0.2) is 30.1 Å². The zero-order valence-electron chi connectivity index (χ0n) is 7.39. The molecule has 0 bridgehead atoms. The normalized spacial score (nSPS) is 19.0. The van der Waals surface area contributed by atoms with Gasteiger partial charge in [0, 0.05) is 17.7 Å². The van der Waals surface area contributed by atoms with Gasteiger partial charge in [-0.1, -0.05) is 43.2 Å².